The van der Waals surface area contributed by atoms with Gasteiger partial charge in [0.25, 0.3) is 0 Å². The fourth-order valence-corrected chi connectivity index (χ4v) is 3.33. The summed E-state index contributed by atoms with van der Waals surface area (Å²) in [6.45, 7) is 7.49. The predicted molar refractivity (Wildman–Crippen MR) is 93.1 cm³/mol. The number of piperidine rings is 1. The van der Waals surface area contributed by atoms with E-state index in [2.05, 4.69) is 36.5 Å². The second kappa shape index (κ2) is 9.04. The average Bonchev–Trinajstić information content (AvgIpc) is 2.60. The van der Waals surface area contributed by atoms with Crippen molar-refractivity contribution >= 4 is 5.91 Å². The van der Waals surface area contributed by atoms with Gasteiger partial charge in [0.2, 0.25) is 5.91 Å². The number of carbonyl (C=O) groups excluding carboxylic acids is 1. The zero-order valence-corrected chi connectivity index (χ0v) is 14.7. The van der Waals surface area contributed by atoms with E-state index in [9.17, 15) is 4.79 Å². The lowest BCUT2D eigenvalue weighted by Crippen LogP contribution is -2.50. The average molecular weight is 318 g/mol. The monoisotopic (exact) mass is 318 g/mol. The Morgan fingerprint density at radius 2 is 1.96 bits per heavy atom. The van der Waals surface area contributed by atoms with Gasteiger partial charge in [-0.15, -0.1) is 0 Å². The molecule has 0 spiro atoms. The summed E-state index contributed by atoms with van der Waals surface area (Å²) in [5.74, 6) is 0.836. The van der Waals surface area contributed by atoms with Crippen LogP contribution in [0, 0.1) is 5.92 Å². The van der Waals surface area contributed by atoms with Crippen LogP contribution in [0.3, 0.4) is 0 Å². The minimum atomic E-state index is 0.288. The summed E-state index contributed by atoms with van der Waals surface area (Å²) >= 11 is 0. The number of hydrogen-bond donors (Lipinski definition) is 1. The lowest BCUT2D eigenvalue weighted by molar-refractivity contribution is -0.133. The van der Waals surface area contributed by atoms with Crippen LogP contribution in [0.1, 0.15) is 44.2 Å². The Morgan fingerprint density at radius 1 is 1.26 bits per heavy atom. The van der Waals surface area contributed by atoms with Gasteiger partial charge in [-0.2, -0.15) is 0 Å². The molecular formula is C19H30N2O2. The van der Waals surface area contributed by atoms with Gasteiger partial charge in [0, 0.05) is 39.2 Å². The number of methoxy groups -OCH3 is 1. The van der Waals surface area contributed by atoms with Crippen LogP contribution in [-0.2, 0) is 22.7 Å². The van der Waals surface area contributed by atoms with Crippen molar-refractivity contribution in [3.05, 3.63) is 35.4 Å². The molecule has 1 N–H and O–H groups in total. The van der Waals surface area contributed by atoms with Crippen molar-refractivity contribution in [1.82, 2.24) is 10.2 Å². The highest BCUT2D eigenvalue weighted by atomic mass is 16.5. The molecule has 1 aromatic carbocycles. The third-order valence-corrected chi connectivity index (χ3v) is 4.82. The number of nitrogens with one attached hydrogen (secondary N) is 1. The van der Waals surface area contributed by atoms with Crippen molar-refractivity contribution in [2.24, 2.45) is 5.92 Å². The first-order chi connectivity index (χ1) is 11.2. The molecule has 0 saturated carbocycles. The topological polar surface area (TPSA) is 41.6 Å². The number of likely N-dealkylation sites (tertiary alicyclic amines) is 1. The molecule has 4 nitrogen and oxygen atoms in total. The van der Waals surface area contributed by atoms with E-state index in [-0.39, 0.29) is 5.91 Å². The molecule has 1 saturated heterocycles. The minimum absolute atomic E-state index is 0.288. The van der Waals surface area contributed by atoms with E-state index in [4.69, 9.17) is 4.74 Å². The second-order valence-electron chi connectivity index (χ2n) is 6.39. The number of nitrogens with zero attached hydrogens (tertiary/aromatic N) is 1. The summed E-state index contributed by atoms with van der Waals surface area (Å²) in [7, 11) is 1.72. The molecule has 2 atom stereocenters. The Bertz CT molecular complexity index is 487. The van der Waals surface area contributed by atoms with E-state index in [1.807, 2.05) is 11.8 Å². The highest BCUT2D eigenvalue weighted by molar-refractivity contribution is 5.75. The van der Waals surface area contributed by atoms with Crippen molar-refractivity contribution in [1.29, 1.82) is 0 Å². The number of hydrogen-bond acceptors (Lipinski definition) is 3. The van der Waals surface area contributed by atoms with Crippen LogP contribution in [0.25, 0.3) is 0 Å². The molecule has 0 aromatic heterocycles. The van der Waals surface area contributed by atoms with Crippen LogP contribution in [0.15, 0.2) is 24.3 Å². The largest absolute Gasteiger partial charge is 0.380 e. The SMILES string of the molecule is CCC(=O)N1CC[C@H](NCc2ccc(COC)cc2)[C@@H](CC)C1. The van der Waals surface area contributed by atoms with Gasteiger partial charge in [0.05, 0.1) is 6.61 Å². The molecule has 0 unspecified atom stereocenters. The summed E-state index contributed by atoms with van der Waals surface area (Å²) in [5.41, 5.74) is 2.50. The van der Waals surface area contributed by atoms with Crippen LogP contribution < -0.4 is 5.32 Å². The molecule has 1 aromatic rings. The molecular weight excluding hydrogens is 288 g/mol. The van der Waals surface area contributed by atoms with Crippen molar-refractivity contribution in [3.8, 4) is 0 Å². The van der Waals surface area contributed by atoms with E-state index in [0.29, 0.717) is 25.0 Å². The van der Waals surface area contributed by atoms with Crippen LogP contribution in [-0.4, -0.2) is 37.0 Å². The molecule has 0 aliphatic carbocycles. The molecule has 23 heavy (non-hydrogen) atoms. The van der Waals surface area contributed by atoms with Crippen LogP contribution in [0.2, 0.25) is 0 Å². The van der Waals surface area contributed by atoms with Crippen LogP contribution in [0.5, 0.6) is 0 Å². The van der Waals surface area contributed by atoms with Gasteiger partial charge < -0.3 is 15.0 Å². The maximum Gasteiger partial charge on any atom is 0.222 e. The normalized spacial score (nSPS) is 21.4. The molecule has 2 rings (SSSR count). The highest BCUT2D eigenvalue weighted by Crippen LogP contribution is 2.21. The predicted octanol–water partition coefficient (Wildman–Crippen LogP) is 2.96. The fourth-order valence-electron chi connectivity index (χ4n) is 3.33. The number of amides is 1. The minimum Gasteiger partial charge on any atom is -0.380 e. The number of benzene rings is 1. The summed E-state index contributed by atoms with van der Waals surface area (Å²) in [4.78, 5) is 13.9. The molecule has 1 amide bonds. The van der Waals surface area contributed by atoms with E-state index in [0.717, 1.165) is 32.5 Å². The molecule has 1 aliphatic rings. The Balaban J connectivity index is 1.86. The van der Waals surface area contributed by atoms with E-state index in [1.54, 1.807) is 7.11 Å². The maximum absolute atomic E-state index is 11.9. The zero-order chi connectivity index (χ0) is 16.7. The van der Waals surface area contributed by atoms with Gasteiger partial charge in [-0.3, -0.25) is 4.79 Å². The van der Waals surface area contributed by atoms with Gasteiger partial charge in [0.15, 0.2) is 0 Å². The van der Waals surface area contributed by atoms with E-state index >= 15 is 0 Å². The van der Waals surface area contributed by atoms with Crippen molar-refractivity contribution < 1.29 is 9.53 Å². The number of rotatable bonds is 7. The summed E-state index contributed by atoms with van der Waals surface area (Å²) in [6, 6.07) is 9.08. The lowest BCUT2D eigenvalue weighted by Gasteiger charge is -2.38. The molecule has 1 heterocycles. The number of ether oxygens (including phenoxy) is 1. The first-order valence-corrected chi connectivity index (χ1v) is 8.75. The lowest BCUT2D eigenvalue weighted by atomic mass is 9.89. The molecule has 0 bridgehead atoms. The molecule has 1 fully saturated rings. The first kappa shape index (κ1) is 18.0. The third-order valence-electron chi connectivity index (χ3n) is 4.82. The van der Waals surface area contributed by atoms with Gasteiger partial charge in [-0.05, 0) is 23.5 Å². The zero-order valence-electron chi connectivity index (χ0n) is 14.7. The smallest absolute Gasteiger partial charge is 0.222 e. The first-order valence-electron chi connectivity index (χ1n) is 8.75. The maximum atomic E-state index is 11.9. The Hall–Kier alpha value is -1.39. The van der Waals surface area contributed by atoms with Gasteiger partial charge in [-0.1, -0.05) is 44.5 Å². The highest BCUT2D eigenvalue weighted by Gasteiger charge is 2.29. The second-order valence-corrected chi connectivity index (χ2v) is 6.39. The van der Waals surface area contributed by atoms with E-state index < -0.39 is 0 Å². The van der Waals surface area contributed by atoms with Crippen LogP contribution >= 0.6 is 0 Å². The standard InChI is InChI=1S/C19H30N2O2/c1-4-17-13-21(19(22)5-2)11-10-18(17)20-12-15-6-8-16(9-7-15)14-23-3/h6-9,17-18,20H,4-5,10-14H2,1-3H3/t17-,18-/m0/s1. The van der Waals surface area contributed by atoms with Crippen LogP contribution in [0.4, 0.5) is 0 Å². The Kier molecular flexibility index (Phi) is 7.06. The number of carbonyl (C=O) groups is 1. The molecule has 128 valence electrons. The Morgan fingerprint density at radius 3 is 2.57 bits per heavy atom. The Labute approximate surface area is 140 Å². The van der Waals surface area contributed by atoms with Crippen molar-refractivity contribution in [2.45, 2.75) is 52.3 Å². The summed E-state index contributed by atoms with van der Waals surface area (Å²) in [6.07, 6.45) is 2.77. The van der Waals surface area contributed by atoms with Gasteiger partial charge >= 0.3 is 0 Å². The summed E-state index contributed by atoms with van der Waals surface area (Å²) < 4.78 is 5.14. The third kappa shape index (κ3) is 5.05. The quantitative estimate of drug-likeness (QED) is 0.840. The van der Waals surface area contributed by atoms with Gasteiger partial charge in [0.1, 0.15) is 0 Å². The van der Waals surface area contributed by atoms with E-state index in [1.165, 1.54) is 11.1 Å². The summed E-state index contributed by atoms with van der Waals surface area (Å²) in [5, 5.41) is 3.70. The fraction of sp³-hybridized carbons (Fsp3) is 0.632. The molecule has 1 aliphatic heterocycles. The van der Waals surface area contributed by atoms with Gasteiger partial charge in [-0.25, -0.2) is 0 Å². The van der Waals surface area contributed by atoms with Crippen molar-refractivity contribution in [2.75, 3.05) is 20.2 Å². The molecule has 0 radical (unpaired) electrons. The van der Waals surface area contributed by atoms with Crippen molar-refractivity contribution in [3.63, 3.8) is 0 Å². The molecule has 4 heteroatoms.